The third kappa shape index (κ3) is 4.36. The average Bonchev–Trinajstić information content (AvgIpc) is 3.36. The van der Waals surface area contributed by atoms with Gasteiger partial charge >= 0.3 is 0 Å². The van der Waals surface area contributed by atoms with Crippen LogP contribution in [0, 0.1) is 6.92 Å². The third-order valence-electron chi connectivity index (χ3n) is 5.09. The number of benzene rings is 2. The van der Waals surface area contributed by atoms with Crippen LogP contribution in [0.5, 0.6) is 5.75 Å². The lowest BCUT2D eigenvalue weighted by molar-refractivity contribution is -0.136. The van der Waals surface area contributed by atoms with Gasteiger partial charge in [-0.2, -0.15) is 0 Å². The number of nitrogens with zero attached hydrogens (tertiary/aromatic N) is 1. The Balaban J connectivity index is 1.65. The van der Waals surface area contributed by atoms with Crippen LogP contribution in [0.15, 0.2) is 65.7 Å². The lowest BCUT2D eigenvalue weighted by Gasteiger charge is -2.16. The molecule has 0 saturated heterocycles. The van der Waals surface area contributed by atoms with Crippen LogP contribution in [-0.2, 0) is 16.0 Å². The summed E-state index contributed by atoms with van der Waals surface area (Å²) in [5.74, 6) is -0.0371. The van der Waals surface area contributed by atoms with Crippen LogP contribution in [0.1, 0.15) is 16.0 Å². The highest BCUT2D eigenvalue weighted by Crippen LogP contribution is 2.35. The molecular weight excluding hydrogens is 432 g/mol. The Morgan fingerprint density at radius 1 is 1.06 bits per heavy atom. The Bertz CT molecular complexity index is 1150. The van der Waals surface area contributed by atoms with Crippen molar-refractivity contribution in [2.45, 2.75) is 13.3 Å². The van der Waals surface area contributed by atoms with E-state index in [-0.39, 0.29) is 24.1 Å². The summed E-state index contributed by atoms with van der Waals surface area (Å²) < 4.78 is 5.44. The Hall–Kier alpha value is -3.09. The van der Waals surface area contributed by atoms with E-state index in [2.05, 4.69) is 5.32 Å². The van der Waals surface area contributed by atoms with Crippen LogP contribution in [0.2, 0.25) is 5.02 Å². The number of amides is 2. The molecule has 1 aliphatic rings. The molecule has 1 N–H and O–H groups in total. The number of imide groups is 1. The van der Waals surface area contributed by atoms with E-state index in [4.69, 9.17) is 16.3 Å². The largest absolute Gasteiger partial charge is 0.495 e. The highest BCUT2D eigenvalue weighted by Gasteiger charge is 2.39. The first-order valence-electron chi connectivity index (χ1n) is 9.78. The third-order valence-corrected chi connectivity index (χ3v) is 6.23. The van der Waals surface area contributed by atoms with Crippen LogP contribution in [0.25, 0.3) is 5.57 Å². The van der Waals surface area contributed by atoms with Gasteiger partial charge in [-0.15, -0.1) is 11.3 Å². The molecule has 158 valence electrons. The van der Waals surface area contributed by atoms with Crippen molar-refractivity contribution in [2.75, 3.05) is 19.0 Å². The number of nitrogens with one attached hydrogen (secondary N) is 1. The van der Waals surface area contributed by atoms with Crippen molar-refractivity contribution in [3.05, 3.63) is 86.7 Å². The molecule has 1 aliphatic heterocycles. The van der Waals surface area contributed by atoms with E-state index in [9.17, 15) is 9.59 Å². The van der Waals surface area contributed by atoms with Crippen LogP contribution < -0.4 is 10.1 Å². The Kier molecular flexibility index (Phi) is 6.11. The number of aryl methyl sites for hydroxylation is 1. The van der Waals surface area contributed by atoms with Crippen molar-refractivity contribution in [3.8, 4) is 5.75 Å². The van der Waals surface area contributed by atoms with Crippen LogP contribution in [-0.4, -0.2) is 30.4 Å². The highest BCUT2D eigenvalue weighted by atomic mass is 35.5. The maximum Gasteiger partial charge on any atom is 0.278 e. The molecule has 0 aliphatic carbocycles. The summed E-state index contributed by atoms with van der Waals surface area (Å²) in [4.78, 5) is 28.6. The molecule has 3 aromatic rings. The molecule has 2 amide bonds. The molecular formula is C24H21ClN2O3S. The molecule has 7 heteroatoms. The van der Waals surface area contributed by atoms with E-state index >= 15 is 0 Å². The number of hydrogen-bond donors (Lipinski definition) is 1. The van der Waals surface area contributed by atoms with Gasteiger partial charge in [0.1, 0.15) is 11.4 Å². The minimum atomic E-state index is -0.342. The van der Waals surface area contributed by atoms with Gasteiger partial charge in [0.2, 0.25) is 0 Å². The SMILES string of the molecule is COc1ccc(C)cc1NC1=C(c2cccs2)C(=O)N(CCc2ccc(Cl)cc2)C1=O. The zero-order valence-corrected chi connectivity index (χ0v) is 18.7. The minimum Gasteiger partial charge on any atom is -0.495 e. The standard InChI is InChI=1S/C24H21ClN2O3S/c1-15-5-10-19(30-2)18(14-15)26-22-21(20-4-3-13-31-20)23(28)27(24(22)29)12-11-16-6-8-17(25)9-7-16/h3-10,13-14,26H,11-12H2,1-2H3. The molecule has 0 atom stereocenters. The monoisotopic (exact) mass is 452 g/mol. The summed E-state index contributed by atoms with van der Waals surface area (Å²) in [5, 5.41) is 5.73. The first-order valence-corrected chi connectivity index (χ1v) is 11.0. The topological polar surface area (TPSA) is 58.6 Å². The average molecular weight is 453 g/mol. The molecule has 31 heavy (non-hydrogen) atoms. The zero-order chi connectivity index (χ0) is 22.0. The Morgan fingerprint density at radius 3 is 2.52 bits per heavy atom. The van der Waals surface area contributed by atoms with Crippen LogP contribution >= 0.6 is 22.9 Å². The molecule has 0 spiro atoms. The first-order chi connectivity index (χ1) is 15.0. The fraction of sp³-hybridized carbons (Fsp3) is 0.167. The Morgan fingerprint density at radius 2 is 1.84 bits per heavy atom. The molecule has 0 unspecified atom stereocenters. The maximum atomic E-state index is 13.3. The fourth-order valence-electron chi connectivity index (χ4n) is 3.49. The van der Waals surface area contributed by atoms with E-state index in [1.165, 1.54) is 16.2 Å². The molecule has 2 aromatic carbocycles. The van der Waals surface area contributed by atoms with Crippen molar-refractivity contribution in [2.24, 2.45) is 0 Å². The highest BCUT2D eigenvalue weighted by molar-refractivity contribution is 7.11. The summed E-state index contributed by atoms with van der Waals surface area (Å²) in [6.45, 7) is 2.24. The van der Waals surface area contributed by atoms with Gasteiger partial charge in [0.05, 0.1) is 18.4 Å². The number of anilines is 1. The number of halogens is 1. The van der Waals surface area contributed by atoms with E-state index in [0.717, 1.165) is 16.0 Å². The quantitative estimate of drug-likeness (QED) is 0.503. The molecule has 0 fully saturated rings. The fourth-order valence-corrected chi connectivity index (χ4v) is 4.38. The van der Waals surface area contributed by atoms with E-state index in [1.807, 2.05) is 54.8 Å². The van der Waals surface area contributed by atoms with Crippen molar-refractivity contribution < 1.29 is 14.3 Å². The number of methoxy groups -OCH3 is 1. The van der Waals surface area contributed by atoms with E-state index < -0.39 is 0 Å². The van der Waals surface area contributed by atoms with Gasteiger partial charge in [-0.3, -0.25) is 14.5 Å². The molecule has 2 heterocycles. The normalized spacial score (nSPS) is 13.8. The van der Waals surface area contributed by atoms with Crippen molar-refractivity contribution in [1.29, 1.82) is 0 Å². The summed E-state index contributed by atoms with van der Waals surface area (Å²) in [6, 6.07) is 16.8. The number of carbonyl (C=O) groups is 2. The predicted octanol–water partition coefficient (Wildman–Crippen LogP) is 5.15. The molecule has 5 nitrogen and oxygen atoms in total. The van der Waals surface area contributed by atoms with Gasteiger partial charge in [0.15, 0.2) is 0 Å². The number of ether oxygens (including phenoxy) is 1. The molecule has 4 rings (SSSR count). The van der Waals surface area contributed by atoms with Crippen molar-refractivity contribution in [3.63, 3.8) is 0 Å². The molecule has 0 radical (unpaired) electrons. The van der Waals surface area contributed by atoms with Gasteiger partial charge in [-0.05, 0) is 60.2 Å². The lowest BCUT2D eigenvalue weighted by Crippen LogP contribution is -2.34. The molecule has 0 bridgehead atoms. The maximum absolute atomic E-state index is 13.3. The summed E-state index contributed by atoms with van der Waals surface area (Å²) in [6.07, 6.45) is 0.549. The number of thiophene rings is 1. The van der Waals surface area contributed by atoms with Crippen molar-refractivity contribution >= 4 is 46.0 Å². The Labute approximate surface area is 189 Å². The van der Waals surface area contributed by atoms with E-state index in [1.54, 1.807) is 19.2 Å². The van der Waals surface area contributed by atoms with Crippen LogP contribution in [0.4, 0.5) is 5.69 Å². The summed E-state index contributed by atoms with van der Waals surface area (Å²) in [5.41, 5.74) is 3.32. The predicted molar refractivity (Wildman–Crippen MR) is 124 cm³/mol. The van der Waals surface area contributed by atoms with Gasteiger partial charge < -0.3 is 10.1 Å². The van der Waals surface area contributed by atoms with Gasteiger partial charge in [-0.1, -0.05) is 35.9 Å². The lowest BCUT2D eigenvalue weighted by atomic mass is 10.1. The molecule has 0 saturated carbocycles. The minimum absolute atomic E-state index is 0.271. The second-order valence-electron chi connectivity index (χ2n) is 7.19. The number of carbonyl (C=O) groups excluding carboxylic acids is 2. The van der Waals surface area contributed by atoms with Gasteiger partial charge in [-0.25, -0.2) is 0 Å². The number of hydrogen-bond acceptors (Lipinski definition) is 5. The number of rotatable bonds is 7. The second-order valence-corrected chi connectivity index (χ2v) is 8.58. The van der Waals surface area contributed by atoms with Crippen molar-refractivity contribution in [1.82, 2.24) is 4.90 Å². The van der Waals surface area contributed by atoms with Crippen LogP contribution in [0.3, 0.4) is 0 Å². The van der Waals surface area contributed by atoms with E-state index in [0.29, 0.717) is 28.5 Å². The van der Waals surface area contributed by atoms with Gasteiger partial charge in [0, 0.05) is 16.4 Å². The zero-order valence-electron chi connectivity index (χ0n) is 17.1. The summed E-state index contributed by atoms with van der Waals surface area (Å²) >= 11 is 7.38. The summed E-state index contributed by atoms with van der Waals surface area (Å²) in [7, 11) is 1.57. The van der Waals surface area contributed by atoms with Gasteiger partial charge in [0.25, 0.3) is 11.8 Å². The molecule has 1 aromatic heterocycles. The second kappa shape index (κ2) is 8.96. The first kappa shape index (κ1) is 21.2. The smallest absolute Gasteiger partial charge is 0.278 e.